The summed E-state index contributed by atoms with van der Waals surface area (Å²) in [6, 6.07) is 1.99. The molecule has 4 heterocycles. The molecule has 4 aromatic rings. The monoisotopic (exact) mass is 345 g/mol. The molecule has 10 heteroatoms. The molecule has 0 saturated heterocycles. The van der Waals surface area contributed by atoms with Gasteiger partial charge in [-0.2, -0.15) is 0 Å². The van der Waals surface area contributed by atoms with E-state index in [-0.39, 0.29) is 5.82 Å². The average Bonchev–Trinajstić information content (AvgIpc) is 3.26. The van der Waals surface area contributed by atoms with Gasteiger partial charge in [-0.15, -0.1) is 11.3 Å². The molecule has 8 nitrogen and oxygen atoms in total. The van der Waals surface area contributed by atoms with Crippen molar-refractivity contribution in [2.75, 3.05) is 5.73 Å². The normalized spacial score (nSPS) is 11.3. The molecule has 4 rings (SSSR count). The highest BCUT2D eigenvalue weighted by Gasteiger charge is 2.19. The van der Waals surface area contributed by atoms with Gasteiger partial charge >= 0.3 is 0 Å². The molecule has 23 heavy (non-hydrogen) atoms. The van der Waals surface area contributed by atoms with Crippen molar-refractivity contribution in [2.45, 2.75) is 22.8 Å². The molecule has 0 fully saturated rings. The van der Waals surface area contributed by atoms with Gasteiger partial charge in [0.1, 0.15) is 10.5 Å². The zero-order valence-corrected chi connectivity index (χ0v) is 13.6. The fourth-order valence-electron chi connectivity index (χ4n) is 2.27. The molecule has 0 aromatic carbocycles. The Morgan fingerprint density at radius 3 is 2.96 bits per heavy atom. The molecule has 0 spiro atoms. The summed E-state index contributed by atoms with van der Waals surface area (Å²) in [4.78, 5) is 13.3. The minimum atomic E-state index is 0.223. The van der Waals surface area contributed by atoms with Crippen molar-refractivity contribution >= 4 is 39.9 Å². The van der Waals surface area contributed by atoms with Gasteiger partial charge in [-0.25, -0.2) is 19.6 Å². The summed E-state index contributed by atoms with van der Waals surface area (Å²) in [5.41, 5.74) is 7.96. The van der Waals surface area contributed by atoms with Gasteiger partial charge in [-0.1, -0.05) is 0 Å². The number of nitrogen functional groups attached to an aromatic ring is 1. The first-order valence-electron chi connectivity index (χ1n) is 6.78. The Morgan fingerprint density at radius 2 is 2.26 bits per heavy atom. The summed E-state index contributed by atoms with van der Waals surface area (Å²) in [6.45, 7) is 2.74. The van der Waals surface area contributed by atoms with Crippen molar-refractivity contribution in [1.82, 2.24) is 29.8 Å². The smallest absolute Gasteiger partial charge is 0.199 e. The number of nitrogens with two attached hydrogens (primary N) is 1. The van der Waals surface area contributed by atoms with Crippen LogP contribution in [-0.2, 0) is 6.54 Å². The van der Waals surface area contributed by atoms with Gasteiger partial charge in [-0.3, -0.25) is 0 Å². The SMILES string of the molecule is CCn1c(-c2nonc2N)nc2cnc(Sc3nccs3)cc21. The minimum absolute atomic E-state index is 0.223. The van der Waals surface area contributed by atoms with Crippen molar-refractivity contribution in [2.24, 2.45) is 0 Å². The molecule has 4 aromatic heterocycles. The molecule has 0 aliphatic rings. The fourth-order valence-corrected chi connectivity index (χ4v) is 3.81. The van der Waals surface area contributed by atoms with Gasteiger partial charge in [-0.05, 0) is 35.1 Å². The van der Waals surface area contributed by atoms with E-state index < -0.39 is 0 Å². The molecule has 0 aliphatic heterocycles. The molecule has 0 bridgehead atoms. The molecule has 0 saturated carbocycles. The Labute approximate surface area is 138 Å². The number of aromatic nitrogens is 6. The van der Waals surface area contributed by atoms with Crippen LogP contribution in [0.15, 0.2) is 37.8 Å². The third kappa shape index (κ3) is 2.45. The van der Waals surface area contributed by atoms with Crippen molar-refractivity contribution in [1.29, 1.82) is 0 Å². The Morgan fingerprint density at radius 1 is 1.35 bits per heavy atom. The molecule has 0 atom stereocenters. The maximum Gasteiger partial charge on any atom is 0.199 e. The molecule has 0 radical (unpaired) electrons. The number of aryl methyl sites for hydroxylation is 1. The standard InChI is InChI=1S/C13H11N7OS2/c1-2-20-8-5-9(23-13-15-3-4-22-13)16-6-7(8)17-12(20)10-11(14)19-21-18-10/h3-6H,2H2,1H3,(H2,14,19). The van der Waals surface area contributed by atoms with Crippen LogP contribution in [0.5, 0.6) is 0 Å². The van der Waals surface area contributed by atoms with Crippen LogP contribution in [-0.4, -0.2) is 29.8 Å². The topological polar surface area (TPSA) is 109 Å². The number of anilines is 1. The second kappa shape index (κ2) is 5.63. The first-order chi connectivity index (χ1) is 11.3. The lowest BCUT2D eigenvalue weighted by molar-refractivity contribution is 0.310. The van der Waals surface area contributed by atoms with E-state index in [4.69, 9.17) is 5.73 Å². The van der Waals surface area contributed by atoms with Gasteiger partial charge in [0.2, 0.25) is 0 Å². The van der Waals surface area contributed by atoms with Gasteiger partial charge in [0.15, 0.2) is 21.7 Å². The summed E-state index contributed by atoms with van der Waals surface area (Å²) in [5, 5.41) is 10.3. The summed E-state index contributed by atoms with van der Waals surface area (Å²) in [5.74, 6) is 0.847. The maximum absolute atomic E-state index is 5.79. The van der Waals surface area contributed by atoms with Crippen molar-refractivity contribution in [3.8, 4) is 11.5 Å². The predicted octanol–water partition coefficient (Wildman–Crippen LogP) is 2.69. The molecule has 116 valence electrons. The fraction of sp³-hybridized carbons (Fsp3) is 0.154. The molecular formula is C13H11N7OS2. The molecule has 0 amide bonds. The highest BCUT2D eigenvalue weighted by molar-refractivity contribution is 8.01. The van der Waals surface area contributed by atoms with Crippen LogP contribution in [0.2, 0.25) is 0 Å². The van der Waals surface area contributed by atoms with Crippen LogP contribution < -0.4 is 5.73 Å². The van der Waals surface area contributed by atoms with Gasteiger partial charge < -0.3 is 10.3 Å². The van der Waals surface area contributed by atoms with Crippen LogP contribution in [0.25, 0.3) is 22.6 Å². The van der Waals surface area contributed by atoms with Crippen LogP contribution in [0.3, 0.4) is 0 Å². The largest absolute Gasteiger partial charge is 0.379 e. The number of hydrogen-bond acceptors (Lipinski definition) is 9. The number of fused-ring (bicyclic) bond motifs is 1. The third-order valence-corrected chi connectivity index (χ3v) is 5.07. The molecular weight excluding hydrogens is 334 g/mol. The average molecular weight is 345 g/mol. The van der Waals surface area contributed by atoms with Gasteiger partial charge in [0, 0.05) is 18.1 Å². The lowest BCUT2D eigenvalue weighted by Gasteiger charge is -2.04. The van der Waals surface area contributed by atoms with Crippen molar-refractivity contribution in [3.63, 3.8) is 0 Å². The van der Waals surface area contributed by atoms with Crippen LogP contribution in [0, 0.1) is 0 Å². The van der Waals surface area contributed by atoms with E-state index in [0.717, 1.165) is 20.4 Å². The van der Waals surface area contributed by atoms with Crippen molar-refractivity contribution in [3.05, 3.63) is 23.8 Å². The number of nitrogens with zero attached hydrogens (tertiary/aromatic N) is 6. The Balaban J connectivity index is 1.83. The van der Waals surface area contributed by atoms with E-state index in [9.17, 15) is 0 Å². The van der Waals surface area contributed by atoms with E-state index in [1.165, 1.54) is 11.8 Å². The Kier molecular flexibility index (Phi) is 3.46. The number of pyridine rings is 1. The molecule has 0 aliphatic carbocycles. The van der Waals surface area contributed by atoms with Gasteiger partial charge in [0.25, 0.3) is 0 Å². The number of rotatable bonds is 4. The first-order valence-corrected chi connectivity index (χ1v) is 8.48. The van der Waals surface area contributed by atoms with Crippen LogP contribution in [0.1, 0.15) is 6.92 Å². The van der Waals surface area contributed by atoms with E-state index in [1.807, 2.05) is 22.9 Å². The first kappa shape index (κ1) is 14.2. The highest BCUT2D eigenvalue weighted by Crippen LogP contribution is 2.31. The lowest BCUT2D eigenvalue weighted by atomic mass is 10.4. The summed E-state index contributed by atoms with van der Waals surface area (Å²) >= 11 is 3.10. The Hall–Kier alpha value is -2.46. The van der Waals surface area contributed by atoms with E-state index in [1.54, 1.807) is 23.7 Å². The molecule has 0 unspecified atom stereocenters. The minimum Gasteiger partial charge on any atom is -0.379 e. The second-order valence-electron chi connectivity index (χ2n) is 4.59. The molecule has 2 N–H and O–H groups in total. The number of thiazole rings is 1. The zero-order chi connectivity index (χ0) is 15.8. The van der Waals surface area contributed by atoms with E-state index in [0.29, 0.717) is 18.1 Å². The van der Waals surface area contributed by atoms with Crippen molar-refractivity contribution < 1.29 is 4.63 Å². The summed E-state index contributed by atoms with van der Waals surface area (Å²) in [7, 11) is 0. The number of hydrogen-bond donors (Lipinski definition) is 1. The maximum atomic E-state index is 5.79. The van der Waals surface area contributed by atoms with E-state index in [2.05, 4.69) is 29.9 Å². The highest BCUT2D eigenvalue weighted by atomic mass is 32.2. The van der Waals surface area contributed by atoms with Gasteiger partial charge in [0.05, 0.1) is 11.7 Å². The Bertz CT molecular complexity index is 960. The lowest BCUT2D eigenvalue weighted by Crippen LogP contribution is -2.00. The van der Waals surface area contributed by atoms with Crippen LogP contribution >= 0.6 is 23.1 Å². The summed E-state index contributed by atoms with van der Waals surface area (Å²) < 4.78 is 7.65. The quantitative estimate of drug-likeness (QED) is 0.601. The number of imidazole rings is 1. The predicted molar refractivity (Wildman–Crippen MR) is 87.1 cm³/mol. The zero-order valence-electron chi connectivity index (χ0n) is 12.0. The second-order valence-corrected chi connectivity index (χ2v) is 6.75. The summed E-state index contributed by atoms with van der Waals surface area (Å²) in [6.07, 6.45) is 3.52. The third-order valence-electron chi connectivity index (χ3n) is 3.25. The van der Waals surface area contributed by atoms with E-state index >= 15 is 0 Å². The van der Waals surface area contributed by atoms with Crippen LogP contribution in [0.4, 0.5) is 5.82 Å².